The van der Waals surface area contributed by atoms with Crippen LogP contribution in [-0.4, -0.2) is 78.3 Å². The predicted molar refractivity (Wildman–Crippen MR) is 209 cm³/mol. The second-order valence-electron chi connectivity index (χ2n) is 15.3. The van der Waals surface area contributed by atoms with Crippen molar-refractivity contribution in [3.8, 4) is 0 Å². The van der Waals surface area contributed by atoms with Crippen LogP contribution in [0.3, 0.4) is 0 Å². The van der Waals surface area contributed by atoms with Crippen molar-refractivity contribution in [3.05, 3.63) is 53.1 Å². The number of anilines is 1. The minimum absolute atomic E-state index is 0.00854. The van der Waals surface area contributed by atoms with Crippen LogP contribution >= 0.6 is 31.6 Å². The summed E-state index contributed by atoms with van der Waals surface area (Å²) in [6.07, 6.45) is 5.43. The van der Waals surface area contributed by atoms with Crippen LogP contribution in [0.25, 0.3) is 0 Å². The van der Waals surface area contributed by atoms with Crippen LogP contribution in [0.4, 0.5) is 5.69 Å². The van der Waals surface area contributed by atoms with Crippen LogP contribution in [-0.2, 0) is 44.8 Å². The number of nitrogens with one attached hydrogen (secondary N) is 2. The molecule has 3 aliphatic rings. The number of carbonyl (C=O) groups is 3. The number of ether oxygens (including phenoxy) is 1. The lowest BCUT2D eigenvalue weighted by Crippen LogP contribution is -2.47. The van der Waals surface area contributed by atoms with Gasteiger partial charge in [0.05, 0.1) is 22.3 Å². The Balaban J connectivity index is 1.13. The number of aliphatic carboxylic acids is 1. The molecule has 3 unspecified atom stereocenters. The summed E-state index contributed by atoms with van der Waals surface area (Å²) in [6.45, 7) is 5.26. The molecule has 2 aromatic carbocycles. The number of amides is 1. The summed E-state index contributed by atoms with van der Waals surface area (Å²) in [5, 5.41) is 13.4. The third-order valence-electron chi connectivity index (χ3n) is 10.1. The number of benzene rings is 2. The molecule has 2 heterocycles. The maximum absolute atomic E-state index is 13.3. The first-order chi connectivity index (χ1) is 25.5. The first kappa shape index (κ1) is 42.5. The summed E-state index contributed by atoms with van der Waals surface area (Å²) in [5.74, 6) is -1.94. The number of nitrogens with zero attached hydrogens (tertiary/aromatic N) is 2. The molecule has 0 aromatic heterocycles. The molecule has 0 spiro atoms. The standard InChI is InChI=1S/C37H52ClN4O9PS2/c1-37(2,3)36(46)50-34(51-52(47)23-33(43)42-28-16-12-11-15-25(28)19-29(42)35(44)45)18-10-6-9-17-32-40-27-20-26(38)31(21-30(27)53-41(32)4)54(48,49)39-22-24-13-7-5-8-14-24/h5,7-8,13-14,20-21,25,28-29,32,34,39-40,52H,6,9-12,15-19,22-23H2,1-4H3,(H,44,45)/t25-,28-,29+,32?,34?/m1/s1. The Morgan fingerprint density at radius 3 is 2.54 bits per heavy atom. The smallest absolute Gasteiger partial charge is 0.326 e. The molecule has 1 saturated carbocycles. The molecular formula is C37H52ClN4O9PS2. The van der Waals surface area contributed by atoms with Crippen molar-refractivity contribution in [2.24, 2.45) is 11.3 Å². The Hall–Kier alpha value is -2.65. The van der Waals surface area contributed by atoms with Gasteiger partial charge in [-0.15, -0.1) is 0 Å². The first-order valence-electron chi connectivity index (χ1n) is 18.5. The molecule has 0 bridgehead atoms. The number of sulfonamides is 1. The number of likely N-dealkylation sites (tertiary alicyclic amines) is 1. The number of carboxylic acid groups (broad SMARTS) is 1. The van der Waals surface area contributed by atoms with E-state index in [0.29, 0.717) is 12.8 Å². The van der Waals surface area contributed by atoms with Gasteiger partial charge in [-0.3, -0.25) is 18.7 Å². The van der Waals surface area contributed by atoms with E-state index in [0.717, 1.165) is 61.1 Å². The molecule has 1 aliphatic carbocycles. The quantitative estimate of drug-likeness (QED) is 0.0516. The van der Waals surface area contributed by atoms with Crippen LogP contribution in [0.5, 0.6) is 0 Å². The summed E-state index contributed by atoms with van der Waals surface area (Å²) < 4.78 is 55.5. The zero-order valence-electron chi connectivity index (χ0n) is 31.2. The number of unbranched alkanes of at least 4 members (excludes halogenated alkanes) is 2. The summed E-state index contributed by atoms with van der Waals surface area (Å²) in [7, 11) is -4.95. The average Bonchev–Trinajstić information content (AvgIpc) is 3.51. The van der Waals surface area contributed by atoms with Gasteiger partial charge < -0.3 is 20.1 Å². The van der Waals surface area contributed by atoms with Crippen LogP contribution in [0.1, 0.15) is 90.5 Å². The molecule has 3 N–H and O–H groups in total. The van der Waals surface area contributed by atoms with E-state index >= 15 is 0 Å². The van der Waals surface area contributed by atoms with Gasteiger partial charge in [-0.2, -0.15) is 0 Å². The molecule has 1 saturated heterocycles. The molecule has 1 amide bonds. The van der Waals surface area contributed by atoms with E-state index in [9.17, 15) is 32.5 Å². The maximum atomic E-state index is 13.3. The highest BCUT2D eigenvalue weighted by atomic mass is 35.5. The van der Waals surface area contributed by atoms with E-state index in [-0.39, 0.29) is 41.0 Å². The van der Waals surface area contributed by atoms with E-state index in [1.807, 2.05) is 41.7 Å². The lowest BCUT2D eigenvalue weighted by atomic mass is 9.85. The molecule has 298 valence electrons. The summed E-state index contributed by atoms with van der Waals surface area (Å²) >= 11 is 7.93. The molecule has 2 aromatic rings. The fraction of sp³-hybridized carbons (Fsp3) is 0.595. The molecule has 2 aliphatic heterocycles. The second kappa shape index (κ2) is 18.5. The van der Waals surface area contributed by atoms with Crippen molar-refractivity contribution in [2.75, 3.05) is 18.5 Å². The predicted octanol–water partition coefficient (Wildman–Crippen LogP) is 7.11. The number of esters is 1. The Morgan fingerprint density at radius 1 is 1.11 bits per heavy atom. The van der Waals surface area contributed by atoms with Crippen LogP contribution in [0, 0.1) is 11.3 Å². The van der Waals surface area contributed by atoms with Gasteiger partial charge >= 0.3 is 11.9 Å². The van der Waals surface area contributed by atoms with Gasteiger partial charge in [0.15, 0.2) is 0 Å². The summed E-state index contributed by atoms with van der Waals surface area (Å²) in [6, 6.07) is 11.4. The van der Waals surface area contributed by atoms with Crippen LogP contribution < -0.4 is 10.0 Å². The highest BCUT2D eigenvalue weighted by molar-refractivity contribution is 7.97. The van der Waals surface area contributed by atoms with Gasteiger partial charge in [0.1, 0.15) is 17.1 Å². The van der Waals surface area contributed by atoms with Gasteiger partial charge in [-0.05, 0) is 95.5 Å². The molecule has 17 heteroatoms. The van der Waals surface area contributed by atoms with Crippen molar-refractivity contribution < 1.29 is 41.7 Å². The first-order valence-corrected chi connectivity index (χ1v) is 22.7. The lowest BCUT2D eigenvalue weighted by Gasteiger charge is -2.35. The molecule has 0 radical (unpaired) electrons. The minimum Gasteiger partial charge on any atom is -0.480 e. The van der Waals surface area contributed by atoms with E-state index in [1.54, 1.807) is 32.9 Å². The zero-order chi connectivity index (χ0) is 39.2. The van der Waals surface area contributed by atoms with Gasteiger partial charge in [0.2, 0.25) is 30.2 Å². The van der Waals surface area contributed by atoms with E-state index in [1.165, 1.54) is 16.8 Å². The zero-order valence-corrected chi connectivity index (χ0v) is 34.6. The largest absolute Gasteiger partial charge is 0.480 e. The van der Waals surface area contributed by atoms with Gasteiger partial charge in [0, 0.05) is 23.9 Å². The molecule has 54 heavy (non-hydrogen) atoms. The SMILES string of the molecule is CN1Sc2cc(S(=O)(=O)NCc3ccccc3)c(Cl)cc2NC1CCCCCC(OC(=O)C(C)(C)C)O[PH](=O)CC(=O)N1[C@@H]2CCCC[C@@H]2C[C@H]1C(=O)O. The average molecular weight is 827 g/mol. The minimum atomic E-state index is -3.87. The normalized spacial score (nSPS) is 22.8. The Labute approximate surface area is 328 Å². The van der Waals surface area contributed by atoms with Crippen molar-refractivity contribution >= 4 is 65.1 Å². The van der Waals surface area contributed by atoms with Crippen molar-refractivity contribution in [2.45, 2.75) is 126 Å². The molecule has 13 nitrogen and oxygen atoms in total. The highest BCUT2D eigenvalue weighted by Gasteiger charge is 2.47. The van der Waals surface area contributed by atoms with Crippen LogP contribution in [0.15, 0.2) is 52.3 Å². The highest BCUT2D eigenvalue weighted by Crippen LogP contribution is 2.43. The van der Waals surface area contributed by atoms with Crippen molar-refractivity contribution in [1.29, 1.82) is 0 Å². The Kier molecular flexibility index (Phi) is 14.6. The fourth-order valence-corrected chi connectivity index (χ4v) is 10.8. The summed E-state index contributed by atoms with van der Waals surface area (Å²) in [4.78, 5) is 40.3. The molecular weight excluding hydrogens is 775 g/mol. The van der Waals surface area contributed by atoms with Gasteiger partial charge in [-0.1, -0.05) is 67.6 Å². The van der Waals surface area contributed by atoms with Crippen molar-refractivity contribution in [1.82, 2.24) is 13.9 Å². The number of hydrogen-bond donors (Lipinski definition) is 3. The Morgan fingerprint density at radius 2 is 1.83 bits per heavy atom. The van der Waals surface area contributed by atoms with E-state index < -0.39 is 59.8 Å². The molecule has 5 rings (SSSR count). The monoisotopic (exact) mass is 826 g/mol. The second-order valence-corrected chi connectivity index (χ2v) is 20.0. The topological polar surface area (TPSA) is 172 Å². The summed E-state index contributed by atoms with van der Waals surface area (Å²) in [5.41, 5.74) is 0.739. The number of fused-ring (bicyclic) bond motifs is 2. The fourth-order valence-electron chi connectivity index (χ4n) is 7.23. The third kappa shape index (κ3) is 11.0. The number of carboxylic acids is 1. The van der Waals surface area contributed by atoms with E-state index in [4.69, 9.17) is 20.9 Å². The van der Waals surface area contributed by atoms with E-state index in [2.05, 4.69) is 10.0 Å². The number of rotatable bonds is 16. The number of carbonyl (C=O) groups excluding carboxylic acids is 2. The number of hydrogen-bond acceptors (Lipinski definition) is 11. The van der Waals surface area contributed by atoms with Gasteiger partial charge in [0.25, 0.3) is 0 Å². The maximum Gasteiger partial charge on any atom is 0.326 e. The Bertz CT molecular complexity index is 1800. The third-order valence-corrected chi connectivity index (χ3v) is 14.2. The lowest BCUT2D eigenvalue weighted by molar-refractivity contribution is -0.173. The van der Waals surface area contributed by atoms with Crippen LogP contribution in [0.2, 0.25) is 5.02 Å². The van der Waals surface area contributed by atoms with Gasteiger partial charge in [-0.25, -0.2) is 22.2 Å². The molecule has 6 atom stereocenters. The molecule has 2 fully saturated rings. The number of halogens is 1. The van der Waals surface area contributed by atoms with Crippen molar-refractivity contribution in [3.63, 3.8) is 0 Å².